The fourth-order valence-electron chi connectivity index (χ4n) is 3.17. The Labute approximate surface area is 190 Å². The van der Waals surface area contributed by atoms with Crippen molar-refractivity contribution in [2.24, 2.45) is 5.11 Å². The number of nitrogens with one attached hydrogen (secondary N) is 1. The van der Waals surface area contributed by atoms with Gasteiger partial charge in [0.25, 0.3) is 15.7 Å². The van der Waals surface area contributed by atoms with Crippen LogP contribution in [0.15, 0.2) is 76.7 Å². The van der Waals surface area contributed by atoms with Crippen LogP contribution in [0.2, 0.25) is 0 Å². The number of azo groups is 1. The topological polar surface area (TPSA) is 84.6 Å². The summed E-state index contributed by atoms with van der Waals surface area (Å²) in [4.78, 5) is 0.587. The minimum Gasteiger partial charge on any atom is -0.594 e. The molecule has 32 heavy (non-hydrogen) atoms. The summed E-state index contributed by atoms with van der Waals surface area (Å²) in [6.45, 7) is 10.1. The Morgan fingerprint density at radius 3 is 1.97 bits per heavy atom. The predicted molar refractivity (Wildman–Crippen MR) is 128 cm³/mol. The summed E-state index contributed by atoms with van der Waals surface area (Å²) < 4.78 is 28.5. The third kappa shape index (κ3) is 5.53. The van der Waals surface area contributed by atoms with E-state index in [1.54, 1.807) is 48.5 Å². The van der Waals surface area contributed by atoms with Gasteiger partial charge >= 0.3 is 0 Å². The van der Waals surface area contributed by atoms with E-state index >= 15 is 0 Å². The standard InChI is InChI=1S/C25H29N3O3S/c1-17(2)20-8-11-22(12-9-20)26-28(29)25-15-10-21(18(3)4)16-24(25)27-32(30,31)23-13-6-19(5)7-14-23/h6-18,27H,1-5H3. The van der Waals surface area contributed by atoms with Crippen LogP contribution in [0.5, 0.6) is 0 Å². The summed E-state index contributed by atoms with van der Waals surface area (Å²) in [5.74, 6) is 0.533. The molecule has 3 aromatic carbocycles. The van der Waals surface area contributed by atoms with Crippen LogP contribution in [-0.2, 0) is 10.0 Å². The molecular weight excluding hydrogens is 422 g/mol. The van der Waals surface area contributed by atoms with Gasteiger partial charge in [-0.2, -0.15) is 0 Å². The lowest BCUT2D eigenvalue weighted by atomic mass is 10.0. The smallest absolute Gasteiger partial charge is 0.268 e. The first kappa shape index (κ1) is 23.5. The molecule has 7 heteroatoms. The molecule has 3 rings (SSSR count). The van der Waals surface area contributed by atoms with Gasteiger partial charge in [-0.05, 0) is 65.1 Å². The maximum absolute atomic E-state index is 13.0. The average Bonchev–Trinajstić information content (AvgIpc) is 2.74. The van der Waals surface area contributed by atoms with Gasteiger partial charge in [-0.1, -0.05) is 63.6 Å². The maximum Gasteiger partial charge on any atom is 0.268 e. The van der Waals surface area contributed by atoms with Crippen LogP contribution < -0.4 is 4.72 Å². The van der Waals surface area contributed by atoms with Gasteiger partial charge in [-0.25, -0.2) is 8.42 Å². The number of aryl methyl sites for hydroxylation is 1. The molecule has 0 saturated carbocycles. The molecule has 0 atom stereocenters. The third-order valence-corrected chi connectivity index (χ3v) is 6.62. The summed E-state index contributed by atoms with van der Waals surface area (Å²) >= 11 is 0. The number of hydrogen-bond acceptors (Lipinski definition) is 4. The Balaban J connectivity index is 2.01. The van der Waals surface area contributed by atoms with E-state index in [0.29, 0.717) is 16.5 Å². The van der Waals surface area contributed by atoms with Crippen molar-refractivity contribution < 1.29 is 13.3 Å². The summed E-state index contributed by atoms with van der Waals surface area (Å²) in [5, 5.41) is 17.0. The Morgan fingerprint density at radius 1 is 0.844 bits per heavy atom. The van der Waals surface area contributed by atoms with E-state index in [4.69, 9.17) is 0 Å². The molecule has 3 aromatic rings. The summed E-state index contributed by atoms with van der Waals surface area (Å²) in [6.07, 6.45) is 0. The molecule has 0 fully saturated rings. The second kappa shape index (κ2) is 9.53. The van der Waals surface area contributed by atoms with Crippen molar-refractivity contribution in [1.82, 2.24) is 0 Å². The average molecular weight is 452 g/mol. The highest BCUT2D eigenvalue weighted by molar-refractivity contribution is 7.92. The Bertz CT molecular complexity index is 1210. The van der Waals surface area contributed by atoms with Crippen molar-refractivity contribution in [3.63, 3.8) is 0 Å². The zero-order chi connectivity index (χ0) is 23.5. The van der Waals surface area contributed by atoms with Crippen LogP contribution in [0.25, 0.3) is 0 Å². The summed E-state index contributed by atoms with van der Waals surface area (Å²) in [7, 11) is -3.87. The van der Waals surface area contributed by atoms with Gasteiger partial charge in [-0.3, -0.25) is 4.72 Å². The number of rotatable bonds is 7. The first-order chi connectivity index (χ1) is 15.1. The van der Waals surface area contributed by atoms with Gasteiger partial charge in [-0.15, -0.1) is 0 Å². The SMILES string of the molecule is Cc1ccc(S(=O)(=O)Nc2cc(C(C)C)ccc2[N+]([O-])=Nc2ccc(C(C)C)cc2)cc1. The number of nitrogens with zero attached hydrogens (tertiary/aromatic N) is 2. The minimum absolute atomic E-state index is 0.123. The lowest BCUT2D eigenvalue weighted by molar-refractivity contribution is -0.434. The first-order valence-electron chi connectivity index (χ1n) is 10.6. The van der Waals surface area contributed by atoms with Gasteiger partial charge in [0.2, 0.25) is 0 Å². The molecule has 0 spiro atoms. The quantitative estimate of drug-likeness (QED) is 0.239. The molecule has 1 N–H and O–H groups in total. The summed E-state index contributed by atoms with van der Waals surface area (Å²) in [5.41, 5.74) is 3.82. The zero-order valence-corrected chi connectivity index (χ0v) is 19.8. The van der Waals surface area contributed by atoms with E-state index in [1.807, 2.05) is 39.0 Å². The minimum atomic E-state index is -3.87. The fraction of sp³-hybridized carbons (Fsp3) is 0.280. The predicted octanol–water partition coefficient (Wildman–Crippen LogP) is 6.97. The van der Waals surface area contributed by atoms with Crippen molar-refractivity contribution >= 4 is 27.1 Å². The largest absolute Gasteiger partial charge is 0.594 e. The lowest BCUT2D eigenvalue weighted by Crippen LogP contribution is -2.14. The van der Waals surface area contributed by atoms with E-state index < -0.39 is 10.0 Å². The van der Waals surface area contributed by atoms with Gasteiger partial charge in [0, 0.05) is 11.2 Å². The monoisotopic (exact) mass is 451 g/mol. The van der Waals surface area contributed by atoms with E-state index in [9.17, 15) is 13.6 Å². The van der Waals surface area contributed by atoms with E-state index in [-0.39, 0.29) is 22.2 Å². The second-order valence-electron chi connectivity index (χ2n) is 8.47. The van der Waals surface area contributed by atoms with Crippen molar-refractivity contribution in [3.8, 4) is 0 Å². The molecule has 0 aliphatic rings. The molecule has 0 aliphatic carbocycles. The van der Waals surface area contributed by atoms with Crippen molar-refractivity contribution in [2.45, 2.75) is 51.3 Å². The van der Waals surface area contributed by atoms with E-state index in [1.165, 1.54) is 0 Å². The van der Waals surface area contributed by atoms with Crippen LogP contribution in [0.3, 0.4) is 0 Å². The third-order valence-electron chi connectivity index (χ3n) is 5.24. The van der Waals surface area contributed by atoms with Crippen molar-refractivity contribution in [3.05, 3.63) is 88.6 Å². The molecule has 0 bridgehead atoms. The Kier molecular flexibility index (Phi) is 6.99. The highest BCUT2D eigenvalue weighted by atomic mass is 32.2. The van der Waals surface area contributed by atoms with Crippen LogP contribution in [-0.4, -0.2) is 13.3 Å². The van der Waals surface area contributed by atoms with Crippen molar-refractivity contribution in [2.75, 3.05) is 4.72 Å². The normalized spacial score (nSPS) is 12.4. The van der Waals surface area contributed by atoms with Gasteiger partial charge in [0.1, 0.15) is 11.4 Å². The maximum atomic E-state index is 13.0. The molecule has 0 saturated heterocycles. The first-order valence-corrected chi connectivity index (χ1v) is 12.1. The Hall–Kier alpha value is -3.19. The highest BCUT2D eigenvalue weighted by Crippen LogP contribution is 2.32. The zero-order valence-electron chi connectivity index (χ0n) is 19.0. The molecule has 0 radical (unpaired) electrons. The van der Waals surface area contributed by atoms with Crippen LogP contribution in [0.1, 0.15) is 56.2 Å². The van der Waals surface area contributed by atoms with Gasteiger partial charge < -0.3 is 5.21 Å². The molecule has 0 aromatic heterocycles. The van der Waals surface area contributed by atoms with Gasteiger partial charge in [0.05, 0.1) is 4.90 Å². The molecule has 0 heterocycles. The van der Waals surface area contributed by atoms with E-state index in [0.717, 1.165) is 16.7 Å². The Morgan fingerprint density at radius 2 is 1.41 bits per heavy atom. The van der Waals surface area contributed by atoms with Crippen LogP contribution >= 0.6 is 0 Å². The van der Waals surface area contributed by atoms with Crippen LogP contribution in [0.4, 0.5) is 17.1 Å². The second-order valence-corrected chi connectivity index (χ2v) is 10.2. The molecule has 0 amide bonds. The lowest BCUT2D eigenvalue weighted by Gasteiger charge is -2.13. The number of hydrogen-bond donors (Lipinski definition) is 1. The molecule has 0 aliphatic heterocycles. The number of sulfonamides is 1. The number of benzene rings is 3. The van der Waals surface area contributed by atoms with Crippen LogP contribution in [0, 0.1) is 12.1 Å². The van der Waals surface area contributed by atoms with Crippen molar-refractivity contribution in [1.29, 1.82) is 0 Å². The molecular formula is C25H29N3O3S. The highest BCUT2D eigenvalue weighted by Gasteiger charge is 2.21. The molecule has 0 unspecified atom stereocenters. The molecule has 168 valence electrons. The molecule has 6 nitrogen and oxygen atoms in total. The van der Waals surface area contributed by atoms with Gasteiger partial charge in [0.15, 0.2) is 0 Å². The van der Waals surface area contributed by atoms with E-state index in [2.05, 4.69) is 23.7 Å². The number of anilines is 1. The fourth-order valence-corrected chi connectivity index (χ4v) is 4.23. The summed E-state index contributed by atoms with van der Waals surface area (Å²) in [6, 6.07) is 19.1.